The number of amidine groups is 1. The molecular weight excluding hydrogens is 953 g/mol. The fraction of sp³-hybridized carbons (Fsp3) is 0.423. The second kappa shape index (κ2) is 25.0. The maximum atomic E-state index is 11.6. The van der Waals surface area contributed by atoms with Crippen molar-refractivity contribution in [2.75, 3.05) is 14.1 Å². The molecule has 0 bridgehead atoms. The number of nitrogens with one attached hydrogen (secondary N) is 6. The van der Waals surface area contributed by atoms with E-state index in [1.807, 2.05) is 88.2 Å². The Morgan fingerprint density at radius 2 is 1.01 bits per heavy atom. The van der Waals surface area contributed by atoms with Crippen molar-refractivity contribution in [1.29, 1.82) is 0 Å². The number of likely N-dealkylation sites (N-methyl/N-ethyl adjacent to an activating group) is 1. The lowest BCUT2D eigenvalue weighted by molar-refractivity contribution is 0.614. The van der Waals surface area contributed by atoms with Crippen molar-refractivity contribution < 1.29 is 0 Å². The second-order valence-corrected chi connectivity index (χ2v) is 18.0. The number of rotatable bonds is 0. The minimum absolute atomic E-state index is 0. The van der Waals surface area contributed by atoms with E-state index in [1.54, 1.807) is 34.7 Å². The van der Waals surface area contributed by atoms with Gasteiger partial charge in [-0.2, -0.15) is 5.10 Å². The molecule has 0 unspecified atom stereocenters. The lowest BCUT2D eigenvalue weighted by Gasteiger charge is -2.23. The van der Waals surface area contributed by atoms with E-state index < -0.39 is 0 Å². The zero-order chi connectivity index (χ0) is 54.5. The number of aromatic nitrogens is 17. The standard InChI is InChI=1S/C10H13N3.C9H15N3.C8H10N4O.2C8H10N4.C7H10N2O2.2CH4/c1-5-6(2)12-10-9(5)7(3)11-8(4)13-10;1-6-7(2)10-8(3)11-9(6)12(4)5;1-4-9-6-7(10-4)11-5(2)12(3)8(6)13;1-4-7-8(11-5(2)9-4)12-6(3)10-7;1-4-7-5(2)11-12-8(7)10-6(3)9-4;1-4-5(2)8-7(11)9(3)6(4)10;;/h1-4H3,(H,11,12,13);10H,3H2,1-2,4-5H3;1-3H3,(H,9,10);2*1-3H3,(H,9,10,11,12);1-3H3,(H,8,11);2*1H4. The number of allylic oxidation sites excluding steroid dienone is 1. The van der Waals surface area contributed by atoms with Crippen LogP contribution in [-0.2, 0) is 14.1 Å². The molecule has 23 heteroatoms. The Bertz CT molecular complexity index is 3770. The summed E-state index contributed by atoms with van der Waals surface area (Å²) >= 11 is 0. The molecule has 10 rings (SSSR count). The molecule has 23 nitrogen and oxygen atoms in total. The van der Waals surface area contributed by atoms with Crippen molar-refractivity contribution in [2.24, 2.45) is 19.1 Å². The molecule has 0 fully saturated rings. The Labute approximate surface area is 437 Å². The normalized spacial score (nSPS) is 11.6. The number of fused-ring (bicyclic) bond motifs is 4. The van der Waals surface area contributed by atoms with Crippen LogP contribution in [0.5, 0.6) is 0 Å². The van der Waals surface area contributed by atoms with Gasteiger partial charge in [-0.25, -0.2) is 54.6 Å². The largest absolute Gasteiger partial charge is 0.362 e. The van der Waals surface area contributed by atoms with E-state index in [1.165, 1.54) is 33.8 Å². The van der Waals surface area contributed by atoms with Crippen LogP contribution in [0.15, 0.2) is 43.0 Å². The van der Waals surface area contributed by atoms with Gasteiger partial charge in [0.15, 0.2) is 22.5 Å². The number of imidazole rings is 2. The molecule has 9 aromatic rings. The maximum absolute atomic E-state index is 11.6. The average Bonchev–Trinajstić information content (AvgIpc) is 4.06. The Balaban J connectivity index is 0.000000236. The van der Waals surface area contributed by atoms with Gasteiger partial charge in [0, 0.05) is 67.5 Å². The van der Waals surface area contributed by atoms with Gasteiger partial charge >= 0.3 is 5.69 Å². The summed E-state index contributed by atoms with van der Waals surface area (Å²) in [5.74, 6) is 6.32. The molecule has 1 aliphatic heterocycles. The van der Waals surface area contributed by atoms with Gasteiger partial charge in [-0.05, 0) is 116 Å². The van der Waals surface area contributed by atoms with Crippen molar-refractivity contribution in [2.45, 2.75) is 126 Å². The van der Waals surface area contributed by atoms with Gasteiger partial charge in [-0.15, -0.1) is 0 Å². The summed E-state index contributed by atoms with van der Waals surface area (Å²) in [5, 5.41) is 12.3. The Morgan fingerprint density at radius 3 is 1.60 bits per heavy atom. The number of H-pyrrole nitrogens is 5. The lowest BCUT2D eigenvalue weighted by atomic mass is 10.2. The van der Waals surface area contributed by atoms with Crippen molar-refractivity contribution in [3.05, 3.63) is 135 Å². The summed E-state index contributed by atoms with van der Waals surface area (Å²) in [4.78, 5) is 89.9. The van der Waals surface area contributed by atoms with Gasteiger partial charge in [-0.3, -0.25) is 23.8 Å². The van der Waals surface area contributed by atoms with Crippen LogP contribution >= 0.6 is 0 Å². The van der Waals surface area contributed by atoms with E-state index in [4.69, 9.17) is 0 Å². The average molecular weight is 1030 g/mol. The van der Waals surface area contributed by atoms with Crippen LogP contribution in [0.25, 0.3) is 44.4 Å². The van der Waals surface area contributed by atoms with E-state index in [0.29, 0.717) is 39.9 Å². The summed E-state index contributed by atoms with van der Waals surface area (Å²) in [7, 11) is 7.11. The quantitative estimate of drug-likeness (QED) is 0.0868. The van der Waals surface area contributed by atoms with E-state index in [-0.39, 0.29) is 31.7 Å². The molecule has 0 radical (unpaired) electrons. The van der Waals surface area contributed by atoms with E-state index in [9.17, 15) is 14.4 Å². The van der Waals surface area contributed by atoms with Crippen LogP contribution in [0.2, 0.25) is 0 Å². The topological polar surface area (TPSA) is 297 Å². The predicted molar refractivity (Wildman–Crippen MR) is 300 cm³/mol. The van der Waals surface area contributed by atoms with Gasteiger partial charge in [-0.1, -0.05) is 21.4 Å². The van der Waals surface area contributed by atoms with Gasteiger partial charge in [0.05, 0.1) is 22.5 Å². The van der Waals surface area contributed by atoms with Gasteiger partial charge in [0.2, 0.25) is 0 Å². The highest BCUT2D eigenvalue weighted by Crippen LogP contribution is 2.22. The van der Waals surface area contributed by atoms with Gasteiger partial charge < -0.3 is 30.2 Å². The van der Waals surface area contributed by atoms with Crippen molar-refractivity contribution in [3.63, 3.8) is 0 Å². The number of nitrogens with zero attached hydrogens (tertiary/aromatic N) is 14. The molecule has 9 aromatic heterocycles. The first-order valence-corrected chi connectivity index (χ1v) is 23.3. The maximum Gasteiger partial charge on any atom is 0.328 e. The van der Waals surface area contributed by atoms with Crippen LogP contribution < -0.4 is 22.1 Å². The zero-order valence-electron chi connectivity index (χ0n) is 45.7. The van der Waals surface area contributed by atoms with Crippen LogP contribution in [0.1, 0.15) is 109 Å². The summed E-state index contributed by atoms with van der Waals surface area (Å²) < 4.78 is 2.56. The summed E-state index contributed by atoms with van der Waals surface area (Å²) in [6.45, 7) is 34.5. The molecule has 10 heterocycles. The Hall–Kier alpha value is -8.50. The van der Waals surface area contributed by atoms with Crippen molar-refractivity contribution in [3.8, 4) is 0 Å². The first-order chi connectivity index (χ1) is 34.1. The van der Waals surface area contributed by atoms with Crippen LogP contribution in [0.3, 0.4) is 0 Å². The highest BCUT2D eigenvalue weighted by Gasteiger charge is 2.14. The van der Waals surface area contributed by atoms with Crippen LogP contribution in [0, 0.1) is 96.9 Å². The fourth-order valence-corrected chi connectivity index (χ4v) is 7.66. The SMILES string of the molecule is C.C.C=C1N=C(N(C)C)C(C)=C(C)N1.Cc1[nH]c(=O)n(C)c(=O)c1C.Cc1nc(C)c2[nH]c(C)nc2n1.Cc1nc(C)c2c(C)[nH]nc2n1.Cc1nc(C)c2c(C)c(C)[nH]c2n1.Cc1nc2nc(C)n(C)c(=O)c2[nH]1. The number of aromatic amines is 5. The molecular formula is C52H76N20O3. The third-order valence-corrected chi connectivity index (χ3v) is 11.9. The number of hydrogen-bond acceptors (Lipinski definition) is 16. The number of aliphatic imine (C=N–C) groups is 1. The Kier molecular flexibility index (Phi) is 20.2. The molecule has 0 spiro atoms. The molecule has 6 N–H and O–H groups in total. The van der Waals surface area contributed by atoms with E-state index in [2.05, 4.69) is 106 Å². The number of aryl methyl sites for hydroxylation is 13. The minimum atomic E-state index is -0.363. The molecule has 0 aromatic carbocycles. The highest BCUT2D eigenvalue weighted by molar-refractivity contribution is 5.99. The minimum Gasteiger partial charge on any atom is -0.362 e. The van der Waals surface area contributed by atoms with Crippen molar-refractivity contribution >= 4 is 50.2 Å². The Morgan fingerprint density at radius 1 is 0.507 bits per heavy atom. The van der Waals surface area contributed by atoms with Gasteiger partial charge in [0.1, 0.15) is 57.8 Å². The third-order valence-electron chi connectivity index (χ3n) is 11.9. The van der Waals surface area contributed by atoms with E-state index >= 15 is 0 Å². The molecule has 0 saturated carbocycles. The fourth-order valence-electron chi connectivity index (χ4n) is 7.66. The smallest absolute Gasteiger partial charge is 0.328 e. The number of hydrogen-bond donors (Lipinski definition) is 6. The summed E-state index contributed by atoms with van der Waals surface area (Å²) in [6, 6.07) is 0. The van der Waals surface area contributed by atoms with Crippen LogP contribution in [-0.4, -0.2) is 109 Å². The first-order valence-electron chi connectivity index (χ1n) is 23.3. The molecule has 75 heavy (non-hydrogen) atoms. The predicted octanol–water partition coefficient (Wildman–Crippen LogP) is 7.30. The monoisotopic (exact) mass is 1030 g/mol. The van der Waals surface area contributed by atoms with Crippen LogP contribution in [0.4, 0.5) is 0 Å². The molecule has 0 saturated heterocycles. The van der Waals surface area contributed by atoms with E-state index in [0.717, 1.165) is 90.0 Å². The summed E-state index contributed by atoms with van der Waals surface area (Å²) in [6.07, 6.45) is 0. The molecule has 0 atom stereocenters. The van der Waals surface area contributed by atoms with Gasteiger partial charge in [0.25, 0.3) is 11.1 Å². The molecule has 0 amide bonds. The molecule has 0 aliphatic carbocycles. The summed E-state index contributed by atoms with van der Waals surface area (Å²) in [5.41, 5.74) is 13.7. The molecule has 1 aliphatic rings. The lowest BCUT2D eigenvalue weighted by Crippen LogP contribution is -2.34. The third kappa shape index (κ3) is 14.2. The second-order valence-electron chi connectivity index (χ2n) is 18.0. The molecule has 402 valence electrons. The highest BCUT2D eigenvalue weighted by atomic mass is 16.2. The first kappa shape index (κ1) is 60.8. The van der Waals surface area contributed by atoms with Crippen molar-refractivity contribution in [1.82, 2.24) is 94.3 Å². The zero-order valence-corrected chi connectivity index (χ0v) is 45.7.